The lowest BCUT2D eigenvalue weighted by Crippen LogP contribution is -2.30. The average Bonchev–Trinajstić information content (AvgIpc) is 2.40. The lowest BCUT2D eigenvalue weighted by Gasteiger charge is -2.15. The first-order valence-corrected chi connectivity index (χ1v) is 7.24. The van der Waals surface area contributed by atoms with Gasteiger partial charge >= 0.3 is 0 Å². The van der Waals surface area contributed by atoms with Gasteiger partial charge < -0.3 is 15.2 Å². The van der Waals surface area contributed by atoms with Gasteiger partial charge in [-0.15, -0.1) is 0 Å². The fraction of sp³-hybridized carbons (Fsp3) is 0.625. The Labute approximate surface area is 117 Å². The number of rotatable bonds is 9. The molecule has 108 valence electrons. The van der Waals surface area contributed by atoms with Crippen LogP contribution in [-0.4, -0.2) is 24.4 Å². The lowest BCUT2D eigenvalue weighted by atomic mass is 10.1. The van der Waals surface area contributed by atoms with E-state index in [0.29, 0.717) is 12.5 Å². The summed E-state index contributed by atoms with van der Waals surface area (Å²) >= 11 is 0. The average molecular weight is 265 g/mol. The molecule has 3 nitrogen and oxygen atoms in total. The first-order valence-electron chi connectivity index (χ1n) is 7.24. The standard InChI is InChI=1S/C16H27NO2/c1-4-5-10-19-15-8-6-14(7-9-15)11-17-12-16(18)13(2)3/h6-9,13,16-18H,4-5,10-12H2,1-3H3. The van der Waals surface area contributed by atoms with Gasteiger partial charge in [0.25, 0.3) is 0 Å². The van der Waals surface area contributed by atoms with Gasteiger partial charge in [-0.2, -0.15) is 0 Å². The van der Waals surface area contributed by atoms with Crippen molar-refractivity contribution in [1.29, 1.82) is 0 Å². The van der Waals surface area contributed by atoms with E-state index in [4.69, 9.17) is 4.74 Å². The highest BCUT2D eigenvalue weighted by molar-refractivity contribution is 5.27. The summed E-state index contributed by atoms with van der Waals surface area (Å²) in [4.78, 5) is 0. The zero-order valence-corrected chi connectivity index (χ0v) is 12.4. The number of unbranched alkanes of at least 4 members (excludes halogenated alkanes) is 1. The minimum Gasteiger partial charge on any atom is -0.494 e. The fourth-order valence-corrected chi connectivity index (χ4v) is 1.64. The number of hydrogen-bond donors (Lipinski definition) is 2. The Kier molecular flexibility index (Phi) is 7.53. The molecule has 0 aliphatic carbocycles. The zero-order valence-electron chi connectivity index (χ0n) is 12.4. The van der Waals surface area contributed by atoms with E-state index in [2.05, 4.69) is 24.4 Å². The number of benzene rings is 1. The van der Waals surface area contributed by atoms with Crippen LogP contribution in [0.25, 0.3) is 0 Å². The van der Waals surface area contributed by atoms with E-state index in [9.17, 15) is 5.11 Å². The highest BCUT2D eigenvalue weighted by Crippen LogP contribution is 2.12. The van der Waals surface area contributed by atoms with E-state index in [0.717, 1.165) is 31.7 Å². The van der Waals surface area contributed by atoms with Crippen molar-refractivity contribution in [3.8, 4) is 5.75 Å². The first kappa shape index (κ1) is 16.0. The third-order valence-corrected chi connectivity index (χ3v) is 3.14. The summed E-state index contributed by atoms with van der Waals surface area (Å²) in [5.74, 6) is 1.22. The summed E-state index contributed by atoms with van der Waals surface area (Å²) < 4.78 is 5.62. The van der Waals surface area contributed by atoms with E-state index >= 15 is 0 Å². The van der Waals surface area contributed by atoms with Crippen LogP contribution in [0.2, 0.25) is 0 Å². The normalized spacial score (nSPS) is 12.7. The quantitative estimate of drug-likeness (QED) is 0.674. The van der Waals surface area contributed by atoms with Crippen molar-refractivity contribution < 1.29 is 9.84 Å². The van der Waals surface area contributed by atoms with Crippen LogP contribution in [0, 0.1) is 5.92 Å². The minimum absolute atomic E-state index is 0.281. The second kappa shape index (κ2) is 8.94. The van der Waals surface area contributed by atoms with Crippen LogP contribution in [0.5, 0.6) is 5.75 Å². The minimum atomic E-state index is -0.281. The van der Waals surface area contributed by atoms with Gasteiger partial charge in [-0.1, -0.05) is 39.3 Å². The topological polar surface area (TPSA) is 41.5 Å². The predicted octanol–water partition coefficient (Wildman–Crippen LogP) is 2.97. The summed E-state index contributed by atoms with van der Waals surface area (Å²) in [7, 11) is 0. The molecule has 0 fully saturated rings. The largest absolute Gasteiger partial charge is 0.494 e. The van der Waals surface area contributed by atoms with Gasteiger partial charge in [0.1, 0.15) is 5.75 Å². The fourth-order valence-electron chi connectivity index (χ4n) is 1.64. The van der Waals surface area contributed by atoms with Crippen molar-refractivity contribution in [2.75, 3.05) is 13.2 Å². The molecule has 0 aliphatic rings. The van der Waals surface area contributed by atoms with Gasteiger partial charge in [0.15, 0.2) is 0 Å². The van der Waals surface area contributed by atoms with Crippen molar-refractivity contribution in [2.45, 2.75) is 46.3 Å². The molecule has 1 rings (SSSR count). The number of aliphatic hydroxyl groups excluding tert-OH is 1. The molecule has 1 unspecified atom stereocenters. The van der Waals surface area contributed by atoms with Crippen LogP contribution in [0.1, 0.15) is 39.2 Å². The Hall–Kier alpha value is -1.06. The molecule has 19 heavy (non-hydrogen) atoms. The molecular formula is C16H27NO2. The molecule has 0 bridgehead atoms. The summed E-state index contributed by atoms with van der Waals surface area (Å²) in [5.41, 5.74) is 1.21. The Morgan fingerprint density at radius 2 is 1.89 bits per heavy atom. The number of ether oxygens (including phenoxy) is 1. The Bertz CT molecular complexity index is 335. The zero-order chi connectivity index (χ0) is 14.1. The smallest absolute Gasteiger partial charge is 0.119 e. The van der Waals surface area contributed by atoms with E-state index < -0.39 is 0 Å². The van der Waals surface area contributed by atoms with Crippen LogP contribution < -0.4 is 10.1 Å². The van der Waals surface area contributed by atoms with Crippen LogP contribution in [-0.2, 0) is 6.54 Å². The van der Waals surface area contributed by atoms with E-state index in [1.165, 1.54) is 5.56 Å². The molecule has 2 N–H and O–H groups in total. The first-order chi connectivity index (χ1) is 9.13. The van der Waals surface area contributed by atoms with E-state index in [1.54, 1.807) is 0 Å². The molecule has 3 heteroatoms. The van der Waals surface area contributed by atoms with Crippen molar-refractivity contribution in [2.24, 2.45) is 5.92 Å². The van der Waals surface area contributed by atoms with Gasteiger partial charge in [0, 0.05) is 13.1 Å². The van der Waals surface area contributed by atoms with Crippen LogP contribution in [0.3, 0.4) is 0 Å². The molecule has 1 aromatic carbocycles. The summed E-state index contributed by atoms with van der Waals surface area (Å²) in [6.07, 6.45) is 1.97. The molecule has 1 aromatic rings. The third kappa shape index (κ3) is 6.60. The van der Waals surface area contributed by atoms with Crippen molar-refractivity contribution in [3.05, 3.63) is 29.8 Å². The molecule has 0 aromatic heterocycles. The second-order valence-corrected chi connectivity index (χ2v) is 5.29. The maximum atomic E-state index is 9.69. The monoisotopic (exact) mass is 265 g/mol. The third-order valence-electron chi connectivity index (χ3n) is 3.14. The predicted molar refractivity (Wildman–Crippen MR) is 79.4 cm³/mol. The maximum Gasteiger partial charge on any atom is 0.119 e. The van der Waals surface area contributed by atoms with Gasteiger partial charge in [-0.05, 0) is 30.0 Å². The molecule has 1 atom stereocenters. The van der Waals surface area contributed by atoms with Gasteiger partial charge in [0.05, 0.1) is 12.7 Å². The van der Waals surface area contributed by atoms with Gasteiger partial charge in [0.2, 0.25) is 0 Å². The molecule has 0 spiro atoms. The SMILES string of the molecule is CCCCOc1ccc(CNCC(O)C(C)C)cc1. The Balaban J connectivity index is 2.28. The highest BCUT2D eigenvalue weighted by Gasteiger charge is 2.07. The van der Waals surface area contributed by atoms with Crippen molar-refractivity contribution in [3.63, 3.8) is 0 Å². The maximum absolute atomic E-state index is 9.69. The van der Waals surface area contributed by atoms with Crippen LogP contribution in [0.15, 0.2) is 24.3 Å². The lowest BCUT2D eigenvalue weighted by molar-refractivity contribution is 0.123. The summed E-state index contributed by atoms with van der Waals surface area (Å²) in [6, 6.07) is 8.14. The summed E-state index contributed by atoms with van der Waals surface area (Å²) in [6.45, 7) is 8.40. The summed E-state index contributed by atoms with van der Waals surface area (Å²) in [5, 5.41) is 13.0. The molecule has 0 radical (unpaired) electrons. The number of hydrogen-bond acceptors (Lipinski definition) is 3. The molecular weight excluding hydrogens is 238 g/mol. The number of aliphatic hydroxyl groups is 1. The van der Waals surface area contributed by atoms with E-state index in [-0.39, 0.29) is 6.10 Å². The molecule has 0 heterocycles. The van der Waals surface area contributed by atoms with E-state index in [1.807, 2.05) is 26.0 Å². The van der Waals surface area contributed by atoms with Crippen LogP contribution >= 0.6 is 0 Å². The van der Waals surface area contributed by atoms with Crippen molar-refractivity contribution in [1.82, 2.24) is 5.32 Å². The molecule has 0 saturated carbocycles. The molecule has 0 aliphatic heterocycles. The van der Waals surface area contributed by atoms with Gasteiger partial charge in [-0.3, -0.25) is 0 Å². The van der Waals surface area contributed by atoms with Crippen LogP contribution in [0.4, 0.5) is 0 Å². The van der Waals surface area contributed by atoms with Gasteiger partial charge in [-0.25, -0.2) is 0 Å². The van der Waals surface area contributed by atoms with Crippen molar-refractivity contribution >= 4 is 0 Å². The second-order valence-electron chi connectivity index (χ2n) is 5.29. The Morgan fingerprint density at radius 3 is 2.47 bits per heavy atom. The highest BCUT2D eigenvalue weighted by atomic mass is 16.5. The number of nitrogens with one attached hydrogen (secondary N) is 1. The Morgan fingerprint density at radius 1 is 1.21 bits per heavy atom. The molecule has 0 amide bonds. The molecule has 0 saturated heterocycles.